The SMILES string of the molecule is COc1cc(Nc2cc(C)c(C(N)=O)c(NC3CCCCC3)n2)ccc1-c1cnn(C)c1. The van der Waals surface area contributed by atoms with Crippen LogP contribution in [0.3, 0.4) is 0 Å². The Bertz CT molecular complexity index is 1120. The van der Waals surface area contributed by atoms with E-state index >= 15 is 0 Å². The van der Waals surface area contributed by atoms with Crippen LogP contribution in [0.15, 0.2) is 36.7 Å². The highest BCUT2D eigenvalue weighted by Gasteiger charge is 2.20. The van der Waals surface area contributed by atoms with Gasteiger partial charge < -0.3 is 21.1 Å². The van der Waals surface area contributed by atoms with Crippen molar-refractivity contribution in [3.8, 4) is 16.9 Å². The molecule has 1 saturated carbocycles. The van der Waals surface area contributed by atoms with Crippen molar-refractivity contribution in [3.05, 3.63) is 47.8 Å². The molecule has 0 radical (unpaired) electrons. The fourth-order valence-electron chi connectivity index (χ4n) is 4.31. The number of hydrogen-bond acceptors (Lipinski definition) is 6. The lowest BCUT2D eigenvalue weighted by atomic mass is 9.95. The molecule has 4 N–H and O–H groups in total. The molecule has 3 aromatic rings. The number of rotatable bonds is 7. The number of methoxy groups -OCH3 is 1. The van der Waals surface area contributed by atoms with E-state index in [-0.39, 0.29) is 0 Å². The Balaban J connectivity index is 1.62. The summed E-state index contributed by atoms with van der Waals surface area (Å²) in [5.74, 6) is 1.45. The second kappa shape index (κ2) is 9.30. The van der Waals surface area contributed by atoms with Crippen molar-refractivity contribution in [1.82, 2.24) is 14.8 Å². The first-order valence-electron chi connectivity index (χ1n) is 11.0. The minimum absolute atomic E-state index is 0.308. The lowest BCUT2D eigenvalue weighted by Gasteiger charge is -2.25. The molecule has 0 unspecified atom stereocenters. The lowest BCUT2D eigenvalue weighted by Crippen LogP contribution is -2.26. The molecule has 2 aromatic heterocycles. The van der Waals surface area contributed by atoms with Gasteiger partial charge in [0.1, 0.15) is 17.4 Å². The number of ether oxygens (including phenoxy) is 1. The van der Waals surface area contributed by atoms with Gasteiger partial charge in [0, 0.05) is 42.2 Å². The van der Waals surface area contributed by atoms with Gasteiger partial charge in [0.25, 0.3) is 5.91 Å². The summed E-state index contributed by atoms with van der Waals surface area (Å²) < 4.78 is 7.37. The fourth-order valence-corrected chi connectivity index (χ4v) is 4.31. The van der Waals surface area contributed by atoms with Gasteiger partial charge >= 0.3 is 0 Å². The first-order chi connectivity index (χ1) is 15.4. The van der Waals surface area contributed by atoms with Crippen LogP contribution in [-0.4, -0.2) is 33.8 Å². The third-order valence-electron chi connectivity index (χ3n) is 5.90. The zero-order valence-electron chi connectivity index (χ0n) is 18.8. The normalized spacial score (nSPS) is 14.2. The highest BCUT2D eigenvalue weighted by Crippen LogP contribution is 2.34. The number of hydrogen-bond donors (Lipinski definition) is 3. The number of pyridine rings is 1. The molecule has 1 fully saturated rings. The summed E-state index contributed by atoms with van der Waals surface area (Å²) in [5.41, 5.74) is 9.68. The maximum Gasteiger partial charge on any atom is 0.252 e. The van der Waals surface area contributed by atoms with Crippen LogP contribution < -0.4 is 21.1 Å². The van der Waals surface area contributed by atoms with Gasteiger partial charge in [-0.05, 0) is 43.5 Å². The molecule has 8 heteroatoms. The van der Waals surface area contributed by atoms with Crippen molar-refractivity contribution in [1.29, 1.82) is 0 Å². The Morgan fingerprint density at radius 2 is 2.00 bits per heavy atom. The highest BCUT2D eigenvalue weighted by atomic mass is 16.5. The predicted octanol–water partition coefficient (Wildman–Crippen LogP) is 4.39. The average Bonchev–Trinajstić information content (AvgIpc) is 3.20. The zero-order chi connectivity index (χ0) is 22.7. The molecule has 1 aromatic carbocycles. The first kappa shape index (κ1) is 21.7. The van der Waals surface area contributed by atoms with Gasteiger partial charge in [-0.1, -0.05) is 19.3 Å². The number of aryl methyl sites for hydroxylation is 2. The van der Waals surface area contributed by atoms with Crippen molar-refractivity contribution in [2.75, 3.05) is 17.7 Å². The topological polar surface area (TPSA) is 107 Å². The molecule has 0 saturated heterocycles. The number of primary amides is 1. The summed E-state index contributed by atoms with van der Waals surface area (Å²) >= 11 is 0. The molecule has 0 bridgehead atoms. The van der Waals surface area contributed by atoms with Crippen molar-refractivity contribution >= 4 is 23.2 Å². The Labute approximate surface area is 188 Å². The van der Waals surface area contributed by atoms with Gasteiger partial charge in [0.2, 0.25) is 0 Å². The van der Waals surface area contributed by atoms with Crippen LogP contribution in [0.4, 0.5) is 17.3 Å². The molecule has 0 atom stereocenters. The largest absolute Gasteiger partial charge is 0.496 e. The van der Waals surface area contributed by atoms with E-state index in [1.165, 1.54) is 19.3 Å². The molecular weight excluding hydrogens is 404 g/mol. The summed E-state index contributed by atoms with van der Waals surface area (Å²) in [5, 5.41) is 11.0. The summed E-state index contributed by atoms with van der Waals surface area (Å²) in [7, 11) is 3.53. The number of nitrogens with two attached hydrogens (primary N) is 1. The van der Waals surface area contributed by atoms with Gasteiger partial charge in [-0.25, -0.2) is 4.98 Å². The summed E-state index contributed by atoms with van der Waals surface area (Å²) in [6.07, 6.45) is 9.52. The Hall–Kier alpha value is -3.55. The maximum absolute atomic E-state index is 12.1. The Morgan fingerprint density at radius 1 is 1.22 bits per heavy atom. The molecule has 2 heterocycles. The van der Waals surface area contributed by atoms with Crippen LogP contribution in [0.5, 0.6) is 5.75 Å². The molecule has 168 valence electrons. The van der Waals surface area contributed by atoms with Crippen LogP contribution in [0.2, 0.25) is 0 Å². The smallest absolute Gasteiger partial charge is 0.252 e. The van der Waals surface area contributed by atoms with Crippen LogP contribution >= 0.6 is 0 Å². The number of nitrogens with one attached hydrogen (secondary N) is 2. The number of carbonyl (C=O) groups is 1. The first-order valence-corrected chi connectivity index (χ1v) is 11.0. The Kier molecular flexibility index (Phi) is 6.30. The summed E-state index contributed by atoms with van der Waals surface area (Å²) in [4.78, 5) is 16.8. The van der Waals surface area contributed by atoms with E-state index in [2.05, 4.69) is 15.7 Å². The zero-order valence-corrected chi connectivity index (χ0v) is 18.8. The fraction of sp³-hybridized carbons (Fsp3) is 0.375. The number of carbonyl (C=O) groups excluding carboxylic acids is 1. The quantitative estimate of drug-likeness (QED) is 0.509. The standard InChI is InChI=1S/C24H30N6O2/c1-15-11-21(29-24(22(15)23(25)31)28-17-7-5-4-6-8-17)27-18-9-10-19(20(12-18)32-3)16-13-26-30(2)14-16/h9-14,17H,4-8H2,1-3H3,(H2,25,31)(H2,27,28,29). The molecule has 32 heavy (non-hydrogen) atoms. The van der Waals surface area contributed by atoms with Gasteiger partial charge in [0.15, 0.2) is 0 Å². The van der Waals surface area contributed by atoms with E-state index in [0.717, 1.165) is 41.0 Å². The third kappa shape index (κ3) is 4.69. The minimum atomic E-state index is -0.470. The van der Waals surface area contributed by atoms with Crippen LogP contribution in [-0.2, 0) is 7.05 Å². The van der Waals surface area contributed by atoms with E-state index < -0.39 is 5.91 Å². The van der Waals surface area contributed by atoms with Crippen molar-refractivity contribution in [3.63, 3.8) is 0 Å². The molecule has 8 nitrogen and oxygen atoms in total. The maximum atomic E-state index is 12.1. The molecule has 1 aliphatic carbocycles. The summed E-state index contributed by atoms with van der Waals surface area (Å²) in [6.45, 7) is 1.88. The number of benzene rings is 1. The van der Waals surface area contributed by atoms with Crippen molar-refractivity contribution in [2.24, 2.45) is 12.8 Å². The molecule has 1 aliphatic rings. The van der Waals surface area contributed by atoms with Crippen molar-refractivity contribution in [2.45, 2.75) is 45.1 Å². The second-order valence-corrected chi connectivity index (χ2v) is 8.33. The molecule has 1 amide bonds. The minimum Gasteiger partial charge on any atom is -0.496 e. The molecule has 0 aliphatic heterocycles. The number of aromatic nitrogens is 3. The molecule has 0 spiro atoms. The number of nitrogens with zero attached hydrogens (tertiary/aromatic N) is 3. The molecule has 4 rings (SSSR count). The average molecular weight is 435 g/mol. The lowest BCUT2D eigenvalue weighted by molar-refractivity contribution is 0.1000. The van der Waals surface area contributed by atoms with Crippen molar-refractivity contribution < 1.29 is 9.53 Å². The van der Waals surface area contributed by atoms with Gasteiger partial charge in [-0.15, -0.1) is 0 Å². The van der Waals surface area contributed by atoms with Gasteiger partial charge in [-0.3, -0.25) is 9.48 Å². The van der Waals surface area contributed by atoms with Crippen LogP contribution in [0, 0.1) is 6.92 Å². The monoisotopic (exact) mass is 434 g/mol. The van der Waals surface area contributed by atoms with E-state index in [4.69, 9.17) is 15.5 Å². The summed E-state index contributed by atoms with van der Waals surface area (Å²) in [6, 6.07) is 8.04. The van der Waals surface area contributed by atoms with E-state index in [9.17, 15) is 4.79 Å². The van der Waals surface area contributed by atoms with Crippen LogP contribution in [0.1, 0.15) is 48.0 Å². The predicted molar refractivity (Wildman–Crippen MR) is 126 cm³/mol. The second-order valence-electron chi connectivity index (χ2n) is 8.33. The molecular formula is C24H30N6O2. The van der Waals surface area contributed by atoms with Crippen LogP contribution in [0.25, 0.3) is 11.1 Å². The van der Waals surface area contributed by atoms with E-state index in [0.29, 0.717) is 23.2 Å². The van der Waals surface area contributed by atoms with E-state index in [1.807, 2.05) is 50.6 Å². The third-order valence-corrected chi connectivity index (χ3v) is 5.90. The van der Waals surface area contributed by atoms with Gasteiger partial charge in [-0.2, -0.15) is 5.10 Å². The highest BCUT2D eigenvalue weighted by molar-refractivity contribution is 5.99. The Morgan fingerprint density at radius 3 is 2.66 bits per heavy atom. The number of amides is 1. The number of anilines is 3. The van der Waals surface area contributed by atoms with E-state index in [1.54, 1.807) is 11.8 Å². The van der Waals surface area contributed by atoms with Gasteiger partial charge in [0.05, 0.1) is 18.9 Å².